The second-order valence-electron chi connectivity index (χ2n) is 8.68. The Hall–Kier alpha value is -4.42. The number of benzene rings is 3. The number of ether oxygens (including phenoxy) is 1. The predicted molar refractivity (Wildman–Crippen MR) is 148 cm³/mol. The van der Waals surface area contributed by atoms with E-state index in [-0.39, 0.29) is 16.4 Å². The van der Waals surface area contributed by atoms with E-state index in [0.29, 0.717) is 48.7 Å². The molecule has 4 aromatic rings. The second-order valence-corrected chi connectivity index (χ2v) is 9.09. The lowest BCUT2D eigenvalue weighted by atomic mass is 10.1. The fourth-order valence-corrected chi connectivity index (χ4v) is 4.42. The highest BCUT2D eigenvalue weighted by molar-refractivity contribution is 7.80. The molecule has 0 bridgehead atoms. The minimum atomic E-state index is -0.546. The standard InChI is InChI=1S/C26H25N7O4S/c1-2-17-3-6-19(7-4-17)32-29-22-9-5-18(15-23(22)30-32)27-26(38)28-25(34)21-16-20(33(35)36)8-10-24(21)31-11-13-37-14-12-31/h3-10,15-16H,2,11-14H2,1H3,(H2,27,28,34,38). The van der Waals surface area contributed by atoms with Gasteiger partial charge in [-0.3, -0.25) is 20.2 Å². The number of nitrogens with zero attached hydrogens (tertiary/aromatic N) is 5. The number of carbonyl (C=O) groups is 1. The van der Waals surface area contributed by atoms with Crippen LogP contribution in [0.3, 0.4) is 0 Å². The van der Waals surface area contributed by atoms with Gasteiger partial charge in [0, 0.05) is 30.9 Å². The van der Waals surface area contributed by atoms with Gasteiger partial charge in [0.1, 0.15) is 11.0 Å². The number of anilines is 2. The molecule has 38 heavy (non-hydrogen) atoms. The number of nitro benzene ring substituents is 1. The van der Waals surface area contributed by atoms with Gasteiger partial charge in [-0.15, -0.1) is 10.2 Å². The summed E-state index contributed by atoms with van der Waals surface area (Å²) < 4.78 is 5.39. The van der Waals surface area contributed by atoms with E-state index in [1.54, 1.807) is 23.0 Å². The van der Waals surface area contributed by atoms with Crippen LogP contribution in [-0.4, -0.2) is 57.2 Å². The van der Waals surface area contributed by atoms with Crippen LogP contribution in [0, 0.1) is 10.1 Å². The van der Waals surface area contributed by atoms with Gasteiger partial charge in [-0.1, -0.05) is 19.1 Å². The number of rotatable bonds is 6. The van der Waals surface area contributed by atoms with Crippen molar-refractivity contribution in [2.24, 2.45) is 0 Å². The first-order chi connectivity index (χ1) is 18.4. The lowest BCUT2D eigenvalue weighted by molar-refractivity contribution is -0.384. The molecule has 0 saturated carbocycles. The summed E-state index contributed by atoms with van der Waals surface area (Å²) in [5.74, 6) is -0.546. The summed E-state index contributed by atoms with van der Waals surface area (Å²) in [5.41, 5.74) is 4.63. The summed E-state index contributed by atoms with van der Waals surface area (Å²) in [4.78, 5) is 27.5. The number of morpholine rings is 1. The number of hydrogen-bond donors (Lipinski definition) is 2. The molecule has 0 aliphatic carbocycles. The Balaban J connectivity index is 1.32. The van der Waals surface area contributed by atoms with E-state index in [0.717, 1.165) is 12.1 Å². The van der Waals surface area contributed by atoms with Crippen molar-refractivity contribution in [3.8, 4) is 5.69 Å². The maximum atomic E-state index is 13.2. The maximum absolute atomic E-state index is 13.2. The third-order valence-corrected chi connectivity index (χ3v) is 6.43. The van der Waals surface area contributed by atoms with Crippen molar-refractivity contribution < 1.29 is 14.5 Å². The second kappa shape index (κ2) is 10.9. The van der Waals surface area contributed by atoms with E-state index in [9.17, 15) is 14.9 Å². The Bertz CT molecular complexity index is 1510. The molecule has 1 aliphatic rings. The van der Waals surface area contributed by atoms with E-state index >= 15 is 0 Å². The molecule has 12 heteroatoms. The summed E-state index contributed by atoms with van der Waals surface area (Å²) in [5, 5.41) is 26.1. The summed E-state index contributed by atoms with van der Waals surface area (Å²) in [6, 6.07) is 17.6. The number of aryl methyl sites for hydroxylation is 1. The first-order valence-corrected chi connectivity index (χ1v) is 12.5. The molecule has 3 aromatic carbocycles. The van der Waals surface area contributed by atoms with Crippen molar-refractivity contribution in [2.45, 2.75) is 13.3 Å². The number of amides is 1. The molecular formula is C26H25N7O4S. The van der Waals surface area contributed by atoms with Gasteiger partial charge in [-0.05, 0) is 60.6 Å². The van der Waals surface area contributed by atoms with Gasteiger partial charge in [0.25, 0.3) is 11.6 Å². The molecule has 1 amide bonds. The fraction of sp³-hybridized carbons (Fsp3) is 0.231. The number of nitro groups is 1. The van der Waals surface area contributed by atoms with Crippen molar-refractivity contribution in [1.82, 2.24) is 20.3 Å². The first-order valence-electron chi connectivity index (χ1n) is 12.1. The smallest absolute Gasteiger partial charge is 0.270 e. The number of thiocarbonyl (C=S) groups is 1. The number of non-ortho nitro benzene ring substituents is 1. The SMILES string of the molecule is CCc1ccc(-n2nc3ccc(NC(=S)NC(=O)c4cc([N+](=O)[O-])ccc4N4CCOCC4)cc3n2)cc1. The molecule has 0 radical (unpaired) electrons. The molecule has 1 aliphatic heterocycles. The van der Waals surface area contributed by atoms with Crippen LogP contribution in [0.1, 0.15) is 22.8 Å². The minimum absolute atomic E-state index is 0.0522. The highest BCUT2D eigenvalue weighted by atomic mass is 32.1. The van der Waals surface area contributed by atoms with Crippen molar-refractivity contribution in [2.75, 3.05) is 36.5 Å². The number of nitrogens with one attached hydrogen (secondary N) is 2. The molecule has 194 valence electrons. The number of fused-ring (bicyclic) bond motifs is 1. The topological polar surface area (TPSA) is 127 Å². The average molecular weight is 532 g/mol. The highest BCUT2D eigenvalue weighted by Crippen LogP contribution is 2.26. The maximum Gasteiger partial charge on any atom is 0.270 e. The van der Waals surface area contributed by atoms with Crippen LogP contribution >= 0.6 is 12.2 Å². The fourth-order valence-electron chi connectivity index (χ4n) is 4.21. The Morgan fingerprint density at radius 1 is 1.05 bits per heavy atom. The van der Waals surface area contributed by atoms with E-state index in [1.165, 1.54) is 17.7 Å². The quantitative estimate of drug-likeness (QED) is 0.217. The van der Waals surface area contributed by atoms with Gasteiger partial charge >= 0.3 is 0 Å². The molecule has 0 atom stereocenters. The van der Waals surface area contributed by atoms with Gasteiger partial charge in [-0.2, -0.15) is 4.80 Å². The molecule has 2 N–H and O–H groups in total. The molecule has 5 rings (SSSR count). The van der Waals surface area contributed by atoms with E-state index in [1.807, 2.05) is 35.2 Å². The summed E-state index contributed by atoms with van der Waals surface area (Å²) in [6.07, 6.45) is 0.954. The molecule has 2 heterocycles. The van der Waals surface area contributed by atoms with Crippen LogP contribution in [0.5, 0.6) is 0 Å². The van der Waals surface area contributed by atoms with Crippen molar-refractivity contribution in [1.29, 1.82) is 0 Å². The largest absolute Gasteiger partial charge is 0.378 e. The molecule has 1 aromatic heterocycles. The van der Waals surface area contributed by atoms with Crippen LogP contribution in [-0.2, 0) is 11.2 Å². The molecule has 1 saturated heterocycles. The lowest BCUT2D eigenvalue weighted by Crippen LogP contribution is -2.39. The third-order valence-electron chi connectivity index (χ3n) is 6.23. The Morgan fingerprint density at radius 3 is 2.50 bits per heavy atom. The first kappa shape index (κ1) is 25.2. The number of aromatic nitrogens is 3. The normalized spacial score (nSPS) is 13.3. The summed E-state index contributed by atoms with van der Waals surface area (Å²) in [6.45, 7) is 4.27. The van der Waals surface area contributed by atoms with Gasteiger partial charge in [0.05, 0.1) is 35.1 Å². The van der Waals surface area contributed by atoms with Gasteiger partial charge < -0.3 is 15.0 Å². The predicted octanol–water partition coefficient (Wildman–Crippen LogP) is 3.85. The molecule has 1 fully saturated rings. The molecular weight excluding hydrogens is 506 g/mol. The van der Waals surface area contributed by atoms with Gasteiger partial charge in [0.15, 0.2) is 5.11 Å². The lowest BCUT2D eigenvalue weighted by Gasteiger charge is -2.30. The van der Waals surface area contributed by atoms with Crippen LogP contribution < -0.4 is 15.5 Å². The average Bonchev–Trinajstić information content (AvgIpc) is 3.36. The zero-order chi connectivity index (χ0) is 26.6. The zero-order valence-electron chi connectivity index (χ0n) is 20.6. The number of hydrogen-bond acceptors (Lipinski definition) is 8. The Labute approximate surface area is 223 Å². The van der Waals surface area contributed by atoms with Gasteiger partial charge in [0.2, 0.25) is 0 Å². The summed E-state index contributed by atoms with van der Waals surface area (Å²) >= 11 is 5.37. The van der Waals surface area contributed by atoms with Crippen LogP contribution in [0.15, 0.2) is 60.7 Å². The van der Waals surface area contributed by atoms with E-state index < -0.39 is 10.8 Å². The van der Waals surface area contributed by atoms with E-state index in [4.69, 9.17) is 17.0 Å². The molecule has 11 nitrogen and oxygen atoms in total. The van der Waals surface area contributed by atoms with Crippen LogP contribution in [0.25, 0.3) is 16.7 Å². The monoisotopic (exact) mass is 531 g/mol. The highest BCUT2D eigenvalue weighted by Gasteiger charge is 2.22. The van der Waals surface area contributed by atoms with Crippen LogP contribution in [0.4, 0.5) is 17.1 Å². The Kier molecular flexibility index (Phi) is 7.24. The van der Waals surface area contributed by atoms with Crippen molar-refractivity contribution in [3.63, 3.8) is 0 Å². The minimum Gasteiger partial charge on any atom is -0.378 e. The summed E-state index contributed by atoms with van der Waals surface area (Å²) in [7, 11) is 0. The zero-order valence-corrected chi connectivity index (χ0v) is 21.4. The third kappa shape index (κ3) is 5.45. The molecule has 0 unspecified atom stereocenters. The van der Waals surface area contributed by atoms with Crippen molar-refractivity contribution in [3.05, 3.63) is 81.9 Å². The van der Waals surface area contributed by atoms with Crippen molar-refractivity contribution >= 4 is 51.3 Å². The number of carbonyl (C=O) groups excluding carboxylic acids is 1. The Morgan fingerprint density at radius 2 is 1.79 bits per heavy atom. The van der Waals surface area contributed by atoms with Gasteiger partial charge in [-0.25, -0.2) is 0 Å². The van der Waals surface area contributed by atoms with Crippen LogP contribution in [0.2, 0.25) is 0 Å². The van der Waals surface area contributed by atoms with E-state index in [2.05, 4.69) is 27.8 Å². The molecule has 0 spiro atoms.